The van der Waals surface area contributed by atoms with Crippen LogP contribution in [0.1, 0.15) is 27.2 Å². The molecule has 0 aliphatic rings. The van der Waals surface area contributed by atoms with Gasteiger partial charge in [-0.05, 0) is 20.3 Å². The van der Waals surface area contributed by atoms with E-state index >= 15 is 0 Å². The van der Waals surface area contributed by atoms with Crippen LogP contribution in [0.25, 0.3) is 0 Å². The first-order chi connectivity index (χ1) is 9.56. The van der Waals surface area contributed by atoms with E-state index in [2.05, 4.69) is 15.1 Å². The van der Waals surface area contributed by atoms with Crippen molar-refractivity contribution in [3.8, 4) is 0 Å². The molecule has 0 unspecified atom stereocenters. The maximum Gasteiger partial charge on any atom is 0.287 e. The van der Waals surface area contributed by atoms with E-state index in [1.807, 2.05) is 6.92 Å². The van der Waals surface area contributed by atoms with E-state index in [0.717, 1.165) is 12.7 Å². The Morgan fingerprint density at radius 3 is 2.57 bits per heavy atom. The lowest BCUT2D eigenvalue weighted by atomic mass is 10.1. The number of hydrogen-bond donors (Lipinski definition) is 2. The van der Waals surface area contributed by atoms with Crippen LogP contribution in [0.4, 0.5) is 5.69 Å². The molecular weight excluding hydrogens is 316 g/mol. The maximum atomic E-state index is 11.9. The summed E-state index contributed by atoms with van der Waals surface area (Å²) in [5.41, 5.74) is -0.704. The molecular formula is C12H21ClN4O3S. The highest BCUT2D eigenvalue weighted by molar-refractivity contribution is 7.88. The first kappa shape index (κ1) is 17.9. The molecule has 0 atom stereocenters. The topological polar surface area (TPSA) is 93.1 Å². The lowest BCUT2D eigenvalue weighted by molar-refractivity contribution is 0.476. The fraction of sp³-hybridized carbons (Fsp3) is 0.667. The Morgan fingerprint density at radius 2 is 2.05 bits per heavy atom. The molecule has 0 amide bonds. The van der Waals surface area contributed by atoms with Crippen molar-refractivity contribution in [3.05, 3.63) is 21.6 Å². The fourth-order valence-corrected chi connectivity index (χ4v) is 3.10. The van der Waals surface area contributed by atoms with Crippen molar-refractivity contribution < 1.29 is 8.42 Å². The number of halogens is 1. The summed E-state index contributed by atoms with van der Waals surface area (Å²) in [7, 11) is -3.32. The summed E-state index contributed by atoms with van der Waals surface area (Å²) < 4.78 is 26.3. The molecule has 0 saturated heterocycles. The minimum absolute atomic E-state index is 0.0496. The number of sulfonamides is 1. The first-order valence-corrected chi connectivity index (χ1v) is 8.81. The number of nitrogens with zero attached hydrogens (tertiary/aromatic N) is 2. The third kappa shape index (κ3) is 5.64. The van der Waals surface area contributed by atoms with Gasteiger partial charge in [-0.15, -0.1) is 0 Å². The Bertz CT molecular complexity index is 655. The first-order valence-electron chi connectivity index (χ1n) is 6.54. The van der Waals surface area contributed by atoms with Gasteiger partial charge in [0.05, 0.1) is 18.1 Å². The number of nitrogens with one attached hydrogen (secondary N) is 2. The normalized spacial score (nSPS) is 12.4. The summed E-state index contributed by atoms with van der Waals surface area (Å²) in [5.74, 6) is 0. The third-order valence-corrected chi connectivity index (χ3v) is 3.89. The summed E-state index contributed by atoms with van der Waals surface area (Å²) in [5, 5.41) is 7.02. The van der Waals surface area contributed by atoms with Gasteiger partial charge in [-0.2, -0.15) is 5.10 Å². The minimum Gasteiger partial charge on any atom is -0.381 e. The molecule has 21 heavy (non-hydrogen) atoms. The molecule has 7 nitrogen and oxygen atoms in total. The quantitative estimate of drug-likeness (QED) is 0.776. The molecule has 1 aromatic heterocycles. The number of anilines is 1. The van der Waals surface area contributed by atoms with Crippen molar-refractivity contribution in [2.75, 3.05) is 18.1 Å². The Morgan fingerprint density at radius 1 is 1.43 bits per heavy atom. The molecule has 120 valence electrons. The van der Waals surface area contributed by atoms with Crippen molar-refractivity contribution in [1.29, 1.82) is 0 Å². The molecule has 0 fully saturated rings. The molecule has 0 aliphatic heterocycles. The van der Waals surface area contributed by atoms with Gasteiger partial charge in [0.25, 0.3) is 5.56 Å². The number of rotatable bonds is 7. The SMILES string of the molecule is CCCn1ncc(NCC(C)(C)NS(C)(=O)=O)c(Cl)c1=O. The molecule has 1 rings (SSSR count). The molecule has 0 spiro atoms. The van der Waals surface area contributed by atoms with Crippen LogP contribution in [0.15, 0.2) is 11.0 Å². The van der Waals surface area contributed by atoms with E-state index in [1.54, 1.807) is 13.8 Å². The standard InChI is InChI=1S/C12H21ClN4O3S/c1-5-6-17-11(18)10(13)9(7-15-17)14-8-12(2,3)16-21(4,19)20/h7,14,16H,5-6,8H2,1-4H3. The van der Waals surface area contributed by atoms with Gasteiger partial charge < -0.3 is 5.32 Å². The van der Waals surface area contributed by atoms with E-state index in [4.69, 9.17) is 11.6 Å². The van der Waals surface area contributed by atoms with Crippen molar-refractivity contribution in [3.63, 3.8) is 0 Å². The Hall–Kier alpha value is -1.12. The fourth-order valence-electron chi connectivity index (χ4n) is 1.81. The number of aryl methyl sites for hydroxylation is 1. The van der Waals surface area contributed by atoms with Crippen molar-refractivity contribution in [2.24, 2.45) is 0 Å². The number of aromatic nitrogens is 2. The summed E-state index contributed by atoms with van der Waals surface area (Å²) in [6.45, 7) is 6.15. The Kier molecular flexibility index (Phi) is 5.77. The zero-order valence-corrected chi connectivity index (χ0v) is 14.2. The average Bonchev–Trinajstić information content (AvgIpc) is 2.31. The van der Waals surface area contributed by atoms with Gasteiger partial charge in [-0.25, -0.2) is 17.8 Å². The predicted octanol–water partition coefficient (Wildman–Crippen LogP) is 1.05. The molecule has 0 radical (unpaired) electrons. The van der Waals surface area contributed by atoms with E-state index in [9.17, 15) is 13.2 Å². The second-order valence-electron chi connectivity index (χ2n) is 5.51. The van der Waals surface area contributed by atoms with Gasteiger partial charge >= 0.3 is 0 Å². The van der Waals surface area contributed by atoms with Crippen LogP contribution in [0.3, 0.4) is 0 Å². The van der Waals surface area contributed by atoms with Gasteiger partial charge in [-0.1, -0.05) is 18.5 Å². The van der Waals surface area contributed by atoms with Crippen LogP contribution in [0.5, 0.6) is 0 Å². The van der Waals surface area contributed by atoms with Crippen LogP contribution >= 0.6 is 11.6 Å². The molecule has 2 N–H and O–H groups in total. The van der Waals surface area contributed by atoms with E-state index in [1.165, 1.54) is 10.9 Å². The monoisotopic (exact) mass is 336 g/mol. The number of hydrogen-bond acceptors (Lipinski definition) is 5. The van der Waals surface area contributed by atoms with Crippen molar-refractivity contribution in [2.45, 2.75) is 39.3 Å². The van der Waals surface area contributed by atoms with Gasteiger partial charge in [-0.3, -0.25) is 4.79 Å². The van der Waals surface area contributed by atoms with E-state index in [0.29, 0.717) is 12.2 Å². The smallest absolute Gasteiger partial charge is 0.287 e. The molecule has 9 heteroatoms. The summed E-state index contributed by atoms with van der Waals surface area (Å²) in [4.78, 5) is 11.9. The second kappa shape index (κ2) is 6.76. The molecule has 0 aliphatic carbocycles. The highest BCUT2D eigenvalue weighted by Gasteiger charge is 2.22. The highest BCUT2D eigenvalue weighted by atomic mass is 35.5. The van der Waals surface area contributed by atoms with Crippen molar-refractivity contribution in [1.82, 2.24) is 14.5 Å². The van der Waals surface area contributed by atoms with Crippen LogP contribution < -0.4 is 15.6 Å². The van der Waals surface area contributed by atoms with Gasteiger partial charge in [0.15, 0.2) is 0 Å². The lowest BCUT2D eigenvalue weighted by Gasteiger charge is -2.26. The summed E-state index contributed by atoms with van der Waals surface area (Å²) >= 11 is 6.02. The Labute approximate surface area is 129 Å². The molecule has 1 heterocycles. The average molecular weight is 337 g/mol. The lowest BCUT2D eigenvalue weighted by Crippen LogP contribution is -2.47. The van der Waals surface area contributed by atoms with Crippen LogP contribution in [0.2, 0.25) is 5.02 Å². The summed E-state index contributed by atoms with van der Waals surface area (Å²) in [6.07, 6.45) is 3.34. The largest absolute Gasteiger partial charge is 0.381 e. The van der Waals surface area contributed by atoms with Crippen LogP contribution in [0, 0.1) is 0 Å². The highest BCUT2D eigenvalue weighted by Crippen LogP contribution is 2.16. The maximum absolute atomic E-state index is 11.9. The van der Waals surface area contributed by atoms with E-state index in [-0.39, 0.29) is 17.1 Å². The van der Waals surface area contributed by atoms with Gasteiger partial charge in [0.2, 0.25) is 10.0 Å². The third-order valence-electron chi connectivity index (χ3n) is 2.60. The van der Waals surface area contributed by atoms with Gasteiger partial charge in [0, 0.05) is 18.6 Å². The zero-order valence-electron chi connectivity index (χ0n) is 12.6. The van der Waals surface area contributed by atoms with Crippen molar-refractivity contribution >= 4 is 27.3 Å². The second-order valence-corrected chi connectivity index (χ2v) is 7.64. The van der Waals surface area contributed by atoms with Crippen LogP contribution in [-0.4, -0.2) is 36.5 Å². The zero-order chi connectivity index (χ0) is 16.3. The molecule has 1 aromatic rings. The predicted molar refractivity (Wildman–Crippen MR) is 84.3 cm³/mol. The molecule has 0 saturated carbocycles. The van der Waals surface area contributed by atoms with Crippen LogP contribution in [-0.2, 0) is 16.6 Å². The molecule has 0 bridgehead atoms. The molecule has 0 aromatic carbocycles. The van der Waals surface area contributed by atoms with Gasteiger partial charge in [0.1, 0.15) is 5.02 Å². The minimum atomic E-state index is -3.32. The Balaban J connectivity index is 2.85. The summed E-state index contributed by atoms with van der Waals surface area (Å²) in [6, 6.07) is 0. The van der Waals surface area contributed by atoms with E-state index < -0.39 is 15.6 Å².